The average molecular weight is 229 g/mol. The van der Waals surface area contributed by atoms with Gasteiger partial charge in [0.1, 0.15) is 0 Å². The SMILES string of the molecule is CC#CCC(NCCC)C(C)c1ccccc1. The van der Waals surface area contributed by atoms with E-state index in [1.165, 1.54) is 5.56 Å². The third-order valence-electron chi connectivity index (χ3n) is 3.08. The fourth-order valence-corrected chi connectivity index (χ4v) is 1.96. The normalized spacial score (nSPS) is 13.6. The molecule has 2 unspecified atom stereocenters. The lowest BCUT2D eigenvalue weighted by atomic mass is 9.91. The monoisotopic (exact) mass is 229 g/mol. The Morgan fingerprint density at radius 3 is 2.53 bits per heavy atom. The van der Waals surface area contributed by atoms with E-state index < -0.39 is 0 Å². The van der Waals surface area contributed by atoms with Crippen LogP contribution in [0.5, 0.6) is 0 Å². The zero-order valence-electron chi connectivity index (χ0n) is 11.2. The first-order chi connectivity index (χ1) is 8.29. The van der Waals surface area contributed by atoms with Gasteiger partial charge in [0, 0.05) is 12.5 Å². The smallest absolute Gasteiger partial charge is 0.0249 e. The lowest BCUT2D eigenvalue weighted by Crippen LogP contribution is -2.34. The summed E-state index contributed by atoms with van der Waals surface area (Å²) in [6.07, 6.45) is 2.09. The van der Waals surface area contributed by atoms with Gasteiger partial charge in [0.25, 0.3) is 0 Å². The molecule has 0 heterocycles. The van der Waals surface area contributed by atoms with Crippen molar-refractivity contribution >= 4 is 0 Å². The molecule has 0 aliphatic carbocycles. The van der Waals surface area contributed by atoms with Gasteiger partial charge in [-0.1, -0.05) is 44.2 Å². The number of nitrogens with one attached hydrogen (secondary N) is 1. The molecule has 0 aromatic heterocycles. The molecule has 2 atom stereocenters. The number of benzene rings is 1. The zero-order chi connectivity index (χ0) is 12.5. The Balaban J connectivity index is 2.69. The van der Waals surface area contributed by atoms with Gasteiger partial charge in [-0.05, 0) is 31.4 Å². The number of rotatable bonds is 6. The van der Waals surface area contributed by atoms with Crippen LogP contribution in [0.15, 0.2) is 30.3 Å². The van der Waals surface area contributed by atoms with Crippen molar-refractivity contribution in [3.05, 3.63) is 35.9 Å². The van der Waals surface area contributed by atoms with E-state index in [1.807, 2.05) is 6.92 Å². The van der Waals surface area contributed by atoms with Crippen LogP contribution in [-0.4, -0.2) is 12.6 Å². The molecule has 0 saturated heterocycles. The van der Waals surface area contributed by atoms with Gasteiger partial charge in [-0.3, -0.25) is 0 Å². The quantitative estimate of drug-likeness (QED) is 0.735. The van der Waals surface area contributed by atoms with E-state index in [0.717, 1.165) is 19.4 Å². The average Bonchev–Trinajstić information content (AvgIpc) is 2.39. The van der Waals surface area contributed by atoms with Gasteiger partial charge in [0.15, 0.2) is 0 Å². The van der Waals surface area contributed by atoms with Crippen LogP contribution < -0.4 is 5.32 Å². The summed E-state index contributed by atoms with van der Waals surface area (Å²) < 4.78 is 0. The first-order valence-corrected chi connectivity index (χ1v) is 6.47. The third-order valence-corrected chi connectivity index (χ3v) is 3.08. The molecular formula is C16H23N. The lowest BCUT2D eigenvalue weighted by Gasteiger charge is -2.24. The highest BCUT2D eigenvalue weighted by Gasteiger charge is 2.16. The minimum Gasteiger partial charge on any atom is -0.312 e. The van der Waals surface area contributed by atoms with E-state index >= 15 is 0 Å². The molecule has 17 heavy (non-hydrogen) atoms. The Hall–Kier alpha value is -1.26. The molecule has 0 spiro atoms. The lowest BCUT2D eigenvalue weighted by molar-refractivity contribution is 0.457. The summed E-state index contributed by atoms with van der Waals surface area (Å²) >= 11 is 0. The van der Waals surface area contributed by atoms with Crippen LogP contribution in [0.3, 0.4) is 0 Å². The van der Waals surface area contributed by atoms with Crippen molar-refractivity contribution in [2.45, 2.75) is 45.6 Å². The van der Waals surface area contributed by atoms with Crippen LogP contribution in [-0.2, 0) is 0 Å². The van der Waals surface area contributed by atoms with Crippen molar-refractivity contribution < 1.29 is 0 Å². The highest BCUT2D eigenvalue weighted by atomic mass is 14.9. The predicted octanol–water partition coefficient (Wildman–Crippen LogP) is 3.57. The molecule has 0 fully saturated rings. The standard InChI is InChI=1S/C16H23N/c1-4-6-12-16(17-13-5-2)14(3)15-10-8-7-9-11-15/h7-11,14,16-17H,5,12-13H2,1-3H3. The van der Waals surface area contributed by atoms with Crippen LogP contribution in [0.2, 0.25) is 0 Å². The number of hydrogen-bond donors (Lipinski definition) is 1. The van der Waals surface area contributed by atoms with Crippen LogP contribution in [0, 0.1) is 11.8 Å². The first-order valence-electron chi connectivity index (χ1n) is 6.47. The third kappa shape index (κ3) is 4.63. The Morgan fingerprint density at radius 2 is 1.94 bits per heavy atom. The Kier molecular flexibility index (Phi) is 6.43. The van der Waals surface area contributed by atoms with Crippen LogP contribution in [0.4, 0.5) is 0 Å². The minimum atomic E-state index is 0.449. The van der Waals surface area contributed by atoms with Gasteiger partial charge < -0.3 is 5.32 Å². The predicted molar refractivity (Wildman–Crippen MR) is 75.0 cm³/mol. The van der Waals surface area contributed by atoms with E-state index in [4.69, 9.17) is 0 Å². The maximum absolute atomic E-state index is 3.60. The first kappa shape index (κ1) is 13.8. The molecule has 92 valence electrons. The molecule has 1 N–H and O–H groups in total. The van der Waals surface area contributed by atoms with Gasteiger partial charge in [-0.2, -0.15) is 0 Å². The van der Waals surface area contributed by atoms with Gasteiger partial charge in [0.2, 0.25) is 0 Å². The van der Waals surface area contributed by atoms with Crippen LogP contribution in [0.25, 0.3) is 0 Å². The second-order valence-corrected chi connectivity index (χ2v) is 4.39. The van der Waals surface area contributed by atoms with Crippen LogP contribution in [0.1, 0.15) is 45.1 Å². The minimum absolute atomic E-state index is 0.449. The van der Waals surface area contributed by atoms with Gasteiger partial charge in [-0.15, -0.1) is 11.8 Å². The van der Waals surface area contributed by atoms with Crippen molar-refractivity contribution in [3.8, 4) is 11.8 Å². The summed E-state index contributed by atoms with van der Waals surface area (Å²) in [4.78, 5) is 0. The van der Waals surface area contributed by atoms with E-state index in [9.17, 15) is 0 Å². The highest BCUT2D eigenvalue weighted by molar-refractivity contribution is 5.21. The van der Waals surface area contributed by atoms with E-state index in [1.54, 1.807) is 0 Å². The molecule has 1 heteroatoms. The highest BCUT2D eigenvalue weighted by Crippen LogP contribution is 2.20. The van der Waals surface area contributed by atoms with Gasteiger partial charge in [-0.25, -0.2) is 0 Å². The van der Waals surface area contributed by atoms with Crippen molar-refractivity contribution in [1.29, 1.82) is 0 Å². The molecule has 1 aromatic rings. The molecule has 0 amide bonds. The summed E-state index contributed by atoms with van der Waals surface area (Å²) in [6, 6.07) is 11.1. The summed E-state index contributed by atoms with van der Waals surface area (Å²) in [7, 11) is 0. The Labute approximate surface area is 106 Å². The van der Waals surface area contributed by atoms with Crippen molar-refractivity contribution in [2.75, 3.05) is 6.54 Å². The fraction of sp³-hybridized carbons (Fsp3) is 0.500. The summed E-state index contributed by atoms with van der Waals surface area (Å²) in [5, 5.41) is 3.60. The summed E-state index contributed by atoms with van der Waals surface area (Å²) in [5.74, 6) is 6.69. The van der Waals surface area contributed by atoms with E-state index in [2.05, 4.69) is 61.3 Å². The molecular weight excluding hydrogens is 206 g/mol. The maximum Gasteiger partial charge on any atom is 0.0249 e. The maximum atomic E-state index is 3.60. The molecule has 1 aromatic carbocycles. The molecule has 0 aliphatic heterocycles. The largest absolute Gasteiger partial charge is 0.312 e. The second-order valence-electron chi connectivity index (χ2n) is 4.39. The molecule has 0 radical (unpaired) electrons. The summed E-state index contributed by atoms with van der Waals surface area (Å²) in [6.45, 7) is 7.44. The van der Waals surface area contributed by atoms with Gasteiger partial charge in [0.05, 0.1) is 0 Å². The van der Waals surface area contributed by atoms with Crippen molar-refractivity contribution in [2.24, 2.45) is 0 Å². The Bertz CT molecular complexity index is 358. The van der Waals surface area contributed by atoms with Crippen LogP contribution >= 0.6 is 0 Å². The van der Waals surface area contributed by atoms with Crippen molar-refractivity contribution in [1.82, 2.24) is 5.32 Å². The van der Waals surface area contributed by atoms with E-state index in [-0.39, 0.29) is 0 Å². The van der Waals surface area contributed by atoms with E-state index in [0.29, 0.717) is 12.0 Å². The molecule has 0 bridgehead atoms. The van der Waals surface area contributed by atoms with Gasteiger partial charge >= 0.3 is 0 Å². The fourth-order valence-electron chi connectivity index (χ4n) is 1.96. The Morgan fingerprint density at radius 1 is 1.24 bits per heavy atom. The molecule has 1 nitrogen and oxygen atoms in total. The van der Waals surface area contributed by atoms with Crippen molar-refractivity contribution in [3.63, 3.8) is 0 Å². The topological polar surface area (TPSA) is 12.0 Å². The molecule has 0 saturated carbocycles. The second kappa shape index (κ2) is 7.92. The summed E-state index contributed by atoms with van der Waals surface area (Å²) in [5.41, 5.74) is 1.39. The number of hydrogen-bond acceptors (Lipinski definition) is 1. The molecule has 1 rings (SSSR count). The molecule has 0 aliphatic rings. The zero-order valence-corrected chi connectivity index (χ0v) is 11.2.